The van der Waals surface area contributed by atoms with Crippen molar-refractivity contribution in [2.45, 2.75) is 36.8 Å². The van der Waals surface area contributed by atoms with Crippen molar-refractivity contribution in [3.63, 3.8) is 0 Å². The highest BCUT2D eigenvalue weighted by Gasteiger charge is 2.27. The third-order valence-corrected chi connectivity index (χ3v) is 10.6. The summed E-state index contributed by atoms with van der Waals surface area (Å²) >= 11 is 2.03. The van der Waals surface area contributed by atoms with Crippen LogP contribution in [0.3, 0.4) is 0 Å². The maximum absolute atomic E-state index is 5.32. The van der Waals surface area contributed by atoms with Crippen LogP contribution in [-0.2, 0) is 20.6 Å². The molecule has 1 aromatic rings. The van der Waals surface area contributed by atoms with Crippen molar-refractivity contribution in [1.82, 2.24) is 0 Å². The quantitative estimate of drug-likeness (QED) is 0.453. The summed E-state index contributed by atoms with van der Waals surface area (Å²) in [5.74, 6) is 3.79. The molecule has 5 heteroatoms. The van der Waals surface area contributed by atoms with Crippen molar-refractivity contribution in [2.75, 3.05) is 58.4 Å². The minimum atomic E-state index is -0.803. The van der Waals surface area contributed by atoms with E-state index < -0.39 is 10.0 Å². The van der Waals surface area contributed by atoms with Crippen LogP contribution in [0, 0.1) is 0 Å². The van der Waals surface area contributed by atoms with Crippen LogP contribution in [0.15, 0.2) is 16.3 Å². The molecule has 0 amide bonds. The Morgan fingerprint density at radius 2 is 1.30 bits per heavy atom. The van der Waals surface area contributed by atoms with Gasteiger partial charge >= 0.3 is 0 Å². The monoisotopic (exact) mass is 362 g/mol. The van der Waals surface area contributed by atoms with Gasteiger partial charge in [0.2, 0.25) is 0 Å². The van der Waals surface area contributed by atoms with Crippen molar-refractivity contribution in [1.29, 1.82) is 0 Å². The molecule has 1 heterocycles. The van der Waals surface area contributed by atoms with Crippen LogP contribution in [0.5, 0.6) is 0 Å². The fraction of sp³-hybridized carbons (Fsp3) is 0.778. The molecule has 0 aliphatic rings. The molecule has 0 saturated heterocycles. The number of hydrogen-bond donors (Lipinski definition) is 0. The summed E-state index contributed by atoms with van der Waals surface area (Å²) in [5.41, 5.74) is 0. The van der Waals surface area contributed by atoms with Crippen molar-refractivity contribution in [3.05, 3.63) is 17.0 Å². The molecule has 0 fully saturated rings. The summed E-state index contributed by atoms with van der Waals surface area (Å²) in [6.45, 7) is 4.81. The zero-order chi connectivity index (χ0) is 17.0. The van der Waals surface area contributed by atoms with Crippen LogP contribution >= 0.6 is 21.4 Å². The lowest BCUT2D eigenvalue weighted by Gasteiger charge is -2.40. The van der Waals surface area contributed by atoms with Gasteiger partial charge in [-0.05, 0) is 55.1 Å². The molecule has 23 heavy (non-hydrogen) atoms. The van der Waals surface area contributed by atoms with Gasteiger partial charge in [-0.2, -0.15) is 0 Å². The molecule has 0 aliphatic heterocycles. The fourth-order valence-electron chi connectivity index (χ4n) is 2.83. The molecule has 0 radical (unpaired) electrons. The summed E-state index contributed by atoms with van der Waals surface area (Å²) < 4.78 is 17.6. The molecule has 1 aromatic heterocycles. The Balaban J connectivity index is 2.93. The second kappa shape index (κ2) is 12.3. The molecule has 0 spiro atoms. The van der Waals surface area contributed by atoms with E-state index in [1.807, 2.05) is 11.3 Å². The van der Waals surface area contributed by atoms with E-state index in [0.29, 0.717) is 0 Å². The first-order chi connectivity index (χ1) is 11.2. The first kappa shape index (κ1) is 21.0. The van der Waals surface area contributed by atoms with Gasteiger partial charge in [-0.3, -0.25) is 0 Å². The smallest absolute Gasteiger partial charge is 0.0469 e. The molecule has 0 N–H and O–H groups in total. The molecule has 0 saturated carbocycles. The Hall–Kier alpha value is -0.0700. The zero-order valence-electron chi connectivity index (χ0n) is 15.3. The highest BCUT2D eigenvalue weighted by molar-refractivity contribution is 8.34. The number of thiophene rings is 1. The first-order valence-electron chi connectivity index (χ1n) is 8.54. The third-order valence-electron chi connectivity index (χ3n) is 4.06. The fourth-order valence-corrected chi connectivity index (χ4v) is 8.86. The van der Waals surface area contributed by atoms with Crippen LogP contribution in [-0.4, -0.2) is 58.4 Å². The zero-order valence-corrected chi connectivity index (χ0v) is 16.9. The van der Waals surface area contributed by atoms with Crippen molar-refractivity contribution in [3.8, 4) is 0 Å². The maximum atomic E-state index is 5.32. The number of methoxy groups -OCH3 is 3. The molecule has 136 valence electrons. The van der Waals surface area contributed by atoms with Crippen molar-refractivity contribution < 1.29 is 14.2 Å². The summed E-state index contributed by atoms with van der Waals surface area (Å²) in [6.07, 6.45) is 4.57. The van der Waals surface area contributed by atoms with Crippen LogP contribution in [0.4, 0.5) is 0 Å². The second-order valence-corrected chi connectivity index (χ2v) is 11.0. The largest absolute Gasteiger partial charge is 0.385 e. The Morgan fingerprint density at radius 3 is 1.65 bits per heavy atom. The van der Waals surface area contributed by atoms with Crippen molar-refractivity contribution in [2.24, 2.45) is 0 Å². The normalized spacial score (nSPS) is 12.7. The topological polar surface area (TPSA) is 27.7 Å². The average molecular weight is 363 g/mol. The summed E-state index contributed by atoms with van der Waals surface area (Å²) in [5, 5.41) is 0. The predicted molar refractivity (Wildman–Crippen MR) is 104 cm³/mol. The van der Waals surface area contributed by atoms with Crippen LogP contribution in [0.2, 0.25) is 0 Å². The van der Waals surface area contributed by atoms with Crippen molar-refractivity contribution >= 4 is 21.4 Å². The molecular formula is C18H34O3S2. The van der Waals surface area contributed by atoms with Gasteiger partial charge in [0.25, 0.3) is 0 Å². The van der Waals surface area contributed by atoms with Gasteiger partial charge in [0.1, 0.15) is 0 Å². The molecule has 0 aliphatic carbocycles. The molecular weight excluding hydrogens is 328 g/mol. The molecule has 0 aromatic carbocycles. The first-order valence-corrected chi connectivity index (χ1v) is 11.5. The van der Waals surface area contributed by atoms with Gasteiger partial charge < -0.3 is 14.2 Å². The van der Waals surface area contributed by atoms with E-state index in [1.54, 1.807) is 25.5 Å². The number of ether oxygens (including phenoxy) is 3. The van der Waals surface area contributed by atoms with E-state index >= 15 is 0 Å². The molecule has 3 nitrogen and oxygen atoms in total. The number of aryl methyl sites for hydroxylation is 1. The lowest BCUT2D eigenvalue weighted by Crippen LogP contribution is -2.17. The highest BCUT2D eigenvalue weighted by atomic mass is 32.3. The SMILES string of the molecule is CCc1ccc(S(CCCOC)(CCCOC)CCCOC)s1. The Bertz CT molecular complexity index is 380. The van der Waals surface area contributed by atoms with Gasteiger partial charge in [-0.25, -0.2) is 10.0 Å². The summed E-state index contributed by atoms with van der Waals surface area (Å²) in [6, 6.07) is 4.72. The standard InChI is InChI=1S/C18H34O3S2/c1-5-17-9-10-18(22-17)23(14-6-11-19-2,15-7-12-20-3)16-8-13-21-4/h9-10H,5-8,11-16H2,1-4H3. The molecule has 0 atom stereocenters. The molecule has 0 unspecified atom stereocenters. The molecule has 0 bridgehead atoms. The van der Waals surface area contributed by atoms with E-state index in [0.717, 1.165) is 45.5 Å². The lowest BCUT2D eigenvalue weighted by atomic mass is 10.4. The minimum absolute atomic E-state index is 0.803. The number of rotatable bonds is 14. The van der Waals surface area contributed by atoms with Crippen LogP contribution < -0.4 is 0 Å². The minimum Gasteiger partial charge on any atom is -0.385 e. The molecule has 1 rings (SSSR count). The van der Waals surface area contributed by atoms with Gasteiger partial charge in [-0.15, -0.1) is 11.3 Å². The Morgan fingerprint density at radius 1 is 0.826 bits per heavy atom. The van der Waals surface area contributed by atoms with E-state index in [1.165, 1.54) is 22.1 Å². The predicted octanol–water partition coefficient (Wildman–Crippen LogP) is 4.58. The van der Waals surface area contributed by atoms with E-state index in [2.05, 4.69) is 19.1 Å². The van der Waals surface area contributed by atoms with E-state index in [9.17, 15) is 0 Å². The maximum Gasteiger partial charge on any atom is 0.0469 e. The number of hydrogen-bond acceptors (Lipinski definition) is 4. The van der Waals surface area contributed by atoms with Crippen LogP contribution in [0.25, 0.3) is 0 Å². The lowest BCUT2D eigenvalue weighted by molar-refractivity contribution is 0.197. The van der Waals surface area contributed by atoms with Gasteiger partial charge in [0, 0.05) is 50.2 Å². The average Bonchev–Trinajstić information content (AvgIpc) is 3.04. The summed E-state index contributed by atoms with van der Waals surface area (Å²) in [4.78, 5) is 1.50. The second-order valence-electron chi connectivity index (χ2n) is 5.77. The Kier molecular flexibility index (Phi) is 11.2. The highest BCUT2D eigenvalue weighted by Crippen LogP contribution is 2.59. The van der Waals surface area contributed by atoms with E-state index in [4.69, 9.17) is 14.2 Å². The third kappa shape index (κ3) is 7.14. The van der Waals surface area contributed by atoms with Crippen LogP contribution in [0.1, 0.15) is 31.1 Å². The van der Waals surface area contributed by atoms with Gasteiger partial charge in [0.05, 0.1) is 0 Å². The van der Waals surface area contributed by atoms with E-state index in [-0.39, 0.29) is 0 Å². The van der Waals surface area contributed by atoms with Gasteiger partial charge in [0.15, 0.2) is 0 Å². The summed E-state index contributed by atoms with van der Waals surface area (Å²) in [7, 11) is 4.59. The Labute approximate surface area is 148 Å². The van der Waals surface area contributed by atoms with Gasteiger partial charge in [-0.1, -0.05) is 6.92 Å².